The Kier molecular flexibility index (Phi) is 4.02. The minimum absolute atomic E-state index is 0.115. The van der Waals surface area contributed by atoms with Crippen LogP contribution in [0.2, 0.25) is 5.02 Å². The van der Waals surface area contributed by atoms with Crippen LogP contribution in [0, 0.1) is 0 Å². The Labute approximate surface area is 107 Å². The second-order valence-corrected chi connectivity index (χ2v) is 5.08. The maximum Gasteiger partial charge on any atom is 0.234 e. The van der Waals surface area contributed by atoms with Crippen molar-refractivity contribution in [2.24, 2.45) is 0 Å². The molecule has 92 valence electrons. The first-order valence-corrected chi connectivity index (χ1v) is 6.23. The maximum atomic E-state index is 11.6. The molecule has 1 aromatic carbocycles. The van der Waals surface area contributed by atoms with Gasteiger partial charge >= 0.3 is 0 Å². The van der Waals surface area contributed by atoms with Crippen molar-refractivity contribution in [2.45, 2.75) is 25.4 Å². The minimum atomic E-state index is 0.115. The van der Waals surface area contributed by atoms with Crippen molar-refractivity contribution in [1.29, 1.82) is 0 Å². The van der Waals surface area contributed by atoms with Gasteiger partial charge in [0.2, 0.25) is 5.91 Å². The highest BCUT2D eigenvalue weighted by molar-refractivity contribution is 6.30. The first-order valence-electron chi connectivity index (χ1n) is 5.86. The number of nitrogens with one attached hydrogen (secondary N) is 1. The van der Waals surface area contributed by atoms with Crippen LogP contribution in [0.5, 0.6) is 0 Å². The van der Waals surface area contributed by atoms with Gasteiger partial charge in [-0.15, -0.1) is 0 Å². The third-order valence-electron chi connectivity index (χ3n) is 2.72. The molecule has 0 aliphatic heterocycles. The molecule has 0 aromatic heterocycles. The van der Waals surface area contributed by atoms with E-state index < -0.39 is 0 Å². The molecule has 0 unspecified atom stereocenters. The molecule has 4 heteroatoms. The summed E-state index contributed by atoms with van der Waals surface area (Å²) in [6.07, 6.45) is 2.26. The molecule has 1 aliphatic carbocycles. The first-order chi connectivity index (χ1) is 8.13. The highest BCUT2D eigenvalue weighted by Crippen LogP contribution is 2.18. The maximum absolute atomic E-state index is 11.6. The van der Waals surface area contributed by atoms with Crippen molar-refractivity contribution < 1.29 is 4.79 Å². The first kappa shape index (κ1) is 12.4. The average molecular weight is 253 g/mol. The molecule has 1 N–H and O–H groups in total. The molecule has 2 rings (SSSR count). The second kappa shape index (κ2) is 5.52. The Bertz CT molecular complexity index is 387. The fraction of sp³-hybridized carbons (Fsp3) is 0.462. The molecule has 0 saturated heterocycles. The van der Waals surface area contributed by atoms with E-state index in [2.05, 4.69) is 5.32 Å². The molecule has 0 heterocycles. The van der Waals surface area contributed by atoms with E-state index in [0.29, 0.717) is 12.6 Å². The van der Waals surface area contributed by atoms with Gasteiger partial charge in [-0.1, -0.05) is 23.7 Å². The van der Waals surface area contributed by atoms with Gasteiger partial charge in [0, 0.05) is 17.6 Å². The van der Waals surface area contributed by atoms with Crippen molar-refractivity contribution in [3.8, 4) is 0 Å². The number of nitrogens with zero attached hydrogens (tertiary/aromatic N) is 1. The normalized spacial score (nSPS) is 15.0. The van der Waals surface area contributed by atoms with E-state index in [1.165, 1.54) is 0 Å². The van der Waals surface area contributed by atoms with Crippen molar-refractivity contribution in [3.05, 3.63) is 34.9 Å². The number of hydrogen-bond acceptors (Lipinski definition) is 2. The highest BCUT2D eigenvalue weighted by Gasteiger charge is 2.23. The Balaban J connectivity index is 1.77. The Morgan fingerprint density at radius 1 is 1.41 bits per heavy atom. The molecule has 0 radical (unpaired) electrons. The van der Waals surface area contributed by atoms with Crippen molar-refractivity contribution in [3.63, 3.8) is 0 Å². The van der Waals surface area contributed by atoms with Gasteiger partial charge in [-0.05, 0) is 37.6 Å². The molecule has 1 saturated carbocycles. The summed E-state index contributed by atoms with van der Waals surface area (Å²) in [5, 5.41) is 3.72. The summed E-state index contributed by atoms with van der Waals surface area (Å²) >= 11 is 5.82. The van der Waals surface area contributed by atoms with Crippen LogP contribution >= 0.6 is 11.6 Å². The Morgan fingerprint density at radius 3 is 2.65 bits per heavy atom. The molecular formula is C13H17ClN2O. The molecule has 1 aliphatic rings. The van der Waals surface area contributed by atoms with Crippen LogP contribution in [0.15, 0.2) is 24.3 Å². The van der Waals surface area contributed by atoms with Crippen molar-refractivity contribution in [2.75, 3.05) is 13.6 Å². The number of likely N-dealkylation sites (N-methyl/N-ethyl adjacent to an activating group) is 1. The number of carbonyl (C=O) groups excluding carboxylic acids is 1. The number of benzene rings is 1. The van der Waals surface area contributed by atoms with Gasteiger partial charge in [0.05, 0.1) is 6.54 Å². The predicted octanol–water partition coefficient (Wildman–Crippen LogP) is 2.05. The topological polar surface area (TPSA) is 32.3 Å². The summed E-state index contributed by atoms with van der Waals surface area (Å²) in [4.78, 5) is 13.6. The minimum Gasteiger partial charge on any atom is -0.352 e. The summed E-state index contributed by atoms with van der Waals surface area (Å²) in [6.45, 7) is 1.20. The monoisotopic (exact) mass is 252 g/mol. The van der Waals surface area contributed by atoms with E-state index in [4.69, 9.17) is 11.6 Å². The summed E-state index contributed by atoms with van der Waals surface area (Å²) in [6, 6.07) is 8.14. The Hall–Kier alpha value is -1.06. The van der Waals surface area contributed by atoms with E-state index in [1.807, 2.05) is 36.2 Å². The number of halogens is 1. The lowest BCUT2D eigenvalue weighted by atomic mass is 10.2. The average Bonchev–Trinajstić information content (AvgIpc) is 3.05. The summed E-state index contributed by atoms with van der Waals surface area (Å²) < 4.78 is 0. The third-order valence-corrected chi connectivity index (χ3v) is 2.97. The second-order valence-electron chi connectivity index (χ2n) is 4.64. The van der Waals surface area contributed by atoms with Gasteiger partial charge in [0.1, 0.15) is 0 Å². The van der Waals surface area contributed by atoms with E-state index >= 15 is 0 Å². The number of hydrogen-bond donors (Lipinski definition) is 1. The lowest BCUT2D eigenvalue weighted by Gasteiger charge is -2.16. The SMILES string of the molecule is CN(CC(=O)NC1CC1)Cc1ccc(Cl)cc1. The van der Waals surface area contributed by atoms with Crippen LogP contribution in [0.4, 0.5) is 0 Å². The van der Waals surface area contributed by atoms with Crippen LogP contribution in [-0.4, -0.2) is 30.4 Å². The van der Waals surface area contributed by atoms with Gasteiger partial charge in [-0.3, -0.25) is 9.69 Å². The van der Waals surface area contributed by atoms with Gasteiger partial charge in [-0.2, -0.15) is 0 Å². The summed E-state index contributed by atoms with van der Waals surface area (Å²) in [5.74, 6) is 0.115. The van der Waals surface area contributed by atoms with Crippen LogP contribution in [0.3, 0.4) is 0 Å². The zero-order valence-electron chi connectivity index (χ0n) is 9.95. The molecule has 0 atom stereocenters. The molecule has 17 heavy (non-hydrogen) atoms. The van der Waals surface area contributed by atoms with Crippen LogP contribution in [0.25, 0.3) is 0 Å². The van der Waals surface area contributed by atoms with Crippen LogP contribution in [-0.2, 0) is 11.3 Å². The number of carbonyl (C=O) groups is 1. The van der Waals surface area contributed by atoms with E-state index in [-0.39, 0.29) is 5.91 Å². The number of rotatable bonds is 5. The van der Waals surface area contributed by atoms with Gasteiger partial charge in [0.25, 0.3) is 0 Å². The quantitative estimate of drug-likeness (QED) is 0.870. The predicted molar refractivity (Wildman–Crippen MR) is 69.0 cm³/mol. The third kappa shape index (κ3) is 4.36. The fourth-order valence-electron chi connectivity index (χ4n) is 1.70. The largest absolute Gasteiger partial charge is 0.352 e. The molecule has 0 bridgehead atoms. The smallest absolute Gasteiger partial charge is 0.234 e. The van der Waals surface area contributed by atoms with Crippen LogP contribution < -0.4 is 5.32 Å². The highest BCUT2D eigenvalue weighted by atomic mass is 35.5. The zero-order valence-corrected chi connectivity index (χ0v) is 10.7. The summed E-state index contributed by atoms with van der Waals surface area (Å²) in [5.41, 5.74) is 1.16. The van der Waals surface area contributed by atoms with Crippen molar-refractivity contribution >= 4 is 17.5 Å². The molecule has 1 fully saturated rings. The Morgan fingerprint density at radius 2 is 2.06 bits per heavy atom. The zero-order chi connectivity index (χ0) is 12.3. The van der Waals surface area contributed by atoms with Crippen molar-refractivity contribution in [1.82, 2.24) is 10.2 Å². The standard InChI is InChI=1S/C13H17ClN2O/c1-16(9-13(17)15-12-6-7-12)8-10-2-4-11(14)5-3-10/h2-5,12H,6-9H2,1H3,(H,15,17). The van der Waals surface area contributed by atoms with Gasteiger partial charge in [0.15, 0.2) is 0 Å². The lowest BCUT2D eigenvalue weighted by Crippen LogP contribution is -2.35. The van der Waals surface area contributed by atoms with E-state index in [9.17, 15) is 4.79 Å². The molecular weight excluding hydrogens is 236 g/mol. The van der Waals surface area contributed by atoms with Gasteiger partial charge in [-0.25, -0.2) is 0 Å². The van der Waals surface area contributed by atoms with E-state index in [0.717, 1.165) is 30.0 Å². The van der Waals surface area contributed by atoms with Crippen LogP contribution in [0.1, 0.15) is 18.4 Å². The fourth-order valence-corrected chi connectivity index (χ4v) is 1.83. The number of amides is 1. The molecule has 0 spiro atoms. The molecule has 1 amide bonds. The molecule has 3 nitrogen and oxygen atoms in total. The summed E-state index contributed by atoms with van der Waals surface area (Å²) in [7, 11) is 1.95. The van der Waals surface area contributed by atoms with E-state index in [1.54, 1.807) is 0 Å². The molecule has 1 aromatic rings. The van der Waals surface area contributed by atoms with Gasteiger partial charge < -0.3 is 5.32 Å². The lowest BCUT2D eigenvalue weighted by molar-refractivity contribution is -0.122.